The summed E-state index contributed by atoms with van der Waals surface area (Å²) in [6.07, 6.45) is 7.48. The third kappa shape index (κ3) is 4.81. The number of carbonyl (C=O) groups excluding carboxylic acids is 1. The molecule has 4 nitrogen and oxygen atoms in total. The van der Waals surface area contributed by atoms with Gasteiger partial charge in [0, 0.05) is 18.8 Å². The van der Waals surface area contributed by atoms with Gasteiger partial charge in [0.15, 0.2) is 0 Å². The van der Waals surface area contributed by atoms with E-state index in [9.17, 15) is 4.79 Å². The first-order valence-corrected chi connectivity index (χ1v) is 9.28. The SMILES string of the molecule is C[C@H](CCNC(=O)c1cccnc1NC1CCCC1)c1ccccc1. The van der Waals surface area contributed by atoms with Crippen LogP contribution in [0.5, 0.6) is 0 Å². The summed E-state index contributed by atoms with van der Waals surface area (Å²) >= 11 is 0. The summed E-state index contributed by atoms with van der Waals surface area (Å²) in [5.41, 5.74) is 1.95. The molecule has 1 atom stereocenters. The predicted molar refractivity (Wildman–Crippen MR) is 102 cm³/mol. The standard InChI is InChI=1S/C21H27N3O/c1-16(17-8-3-2-4-9-17)13-15-23-21(25)19-12-7-14-22-20(19)24-18-10-5-6-11-18/h2-4,7-9,12,14,16,18H,5-6,10-11,13,15H2,1H3,(H,22,24)(H,23,25)/t16-/m1/s1. The lowest BCUT2D eigenvalue weighted by Gasteiger charge is -2.16. The number of rotatable bonds is 7. The molecule has 1 amide bonds. The van der Waals surface area contributed by atoms with Gasteiger partial charge >= 0.3 is 0 Å². The molecule has 0 aliphatic heterocycles. The van der Waals surface area contributed by atoms with Crippen molar-refractivity contribution >= 4 is 11.7 Å². The summed E-state index contributed by atoms with van der Waals surface area (Å²) in [6, 6.07) is 14.5. The lowest BCUT2D eigenvalue weighted by molar-refractivity contribution is 0.0953. The van der Waals surface area contributed by atoms with Crippen LogP contribution in [0.3, 0.4) is 0 Å². The van der Waals surface area contributed by atoms with Crippen molar-refractivity contribution in [2.75, 3.05) is 11.9 Å². The van der Waals surface area contributed by atoms with Crippen LogP contribution in [0.1, 0.15) is 60.9 Å². The second-order valence-corrected chi connectivity index (χ2v) is 6.88. The Balaban J connectivity index is 1.54. The van der Waals surface area contributed by atoms with E-state index in [2.05, 4.69) is 46.8 Å². The average Bonchev–Trinajstić information content (AvgIpc) is 3.16. The van der Waals surface area contributed by atoms with Gasteiger partial charge in [-0.1, -0.05) is 50.1 Å². The fraction of sp³-hybridized carbons (Fsp3) is 0.429. The highest BCUT2D eigenvalue weighted by Gasteiger charge is 2.19. The topological polar surface area (TPSA) is 54.0 Å². The largest absolute Gasteiger partial charge is 0.367 e. The van der Waals surface area contributed by atoms with Gasteiger partial charge in [-0.2, -0.15) is 0 Å². The molecule has 1 aliphatic carbocycles. The van der Waals surface area contributed by atoms with Crippen LogP contribution in [-0.2, 0) is 0 Å². The highest BCUT2D eigenvalue weighted by Crippen LogP contribution is 2.23. The first-order valence-electron chi connectivity index (χ1n) is 9.28. The predicted octanol–water partition coefficient (Wildman–Crippen LogP) is 4.36. The van der Waals surface area contributed by atoms with E-state index < -0.39 is 0 Å². The molecule has 1 heterocycles. The quantitative estimate of drug-likeness (QED) is 0.789. The summed E-state index contributed by atoms with van der Waals surface area (Å²) in [5.74, 6) is 1.09. The summed E-state index contributed by atoms with van der Waals surface area (Å²) in [4.78, 5) is 16.9. The van der Waals surface area contributed by atoms with Gasteiger partial charge in [0.05, 0.1) is 5.56 Å². The Bertz CT molecular complexity index is 681. The van der Waals surface area contributed by atoms with E-state index >= 15 is 0 Å². The Morgan fingerprint density at radius 1 is 1.16 bits per heavy atom. The van der Waals surface area contributed by atoms with Crippen LogP contribution in [-0.4, -0.2) is 23.5 Å². The Kier molecular flexibility index (Phi) is 6.04. The minimum atomic E-state index is -0.0474. The van der Waals surface area contributed by atoms with E-state index in [1.54, 1.807) is 6.20 Å². The van der Waals surface area contributed by atoms with Crippen LogP contribution in [0.25, 0.3) is 0 Å². The second kappa shape index (κ2) is 8.65. The normalized spacial score (nSPS) is 15.7. The Morgan fingerprint density at radius 3 is 2.68 bits per heavy atom. The molecule has 0 radical (unpaired) electrons. The molecule has 2 N–H and O–H groups in total. The van der Waals surface area contributed by atoms with Crippen molar-refractivity contribution in [3.63, 3.8) is 0 Å². The number of carbonyl (C=O) groups is 1. The molecule has 1 aromatic carbocycles. The van der Waals surface area contributed by atoms with Crippen molar-refractivity contribution in [2.24, 2.45) is 0 Å². The Hall–Kier alpha value is -2.36. The van der Waals surface area contributed by atoms with Crippen LogP contribution in [0.2, 0.25) is 0 Å². The van der Waals surface area contributed by atoms with E-state index in [-0.39, 0.29) is 5.91 Å². The first-order chi connectivity index (χ1) is 12.2. The number of hydrogen-bond acceptors (Lipinski definition) is 3. The molecule has 1 fully saturated rings. The lowest BCUT2D eigenvalue weighted by Crippen LogP contribution is -2.27. The molecule has 0 bridgehead atoms. The van der Waals surface area contributed by atoms with Gasteiger partial charge < -0.3 is 10.6 Å². The van der Waals surface area contributed by atoms with Crippen molar-refractivity contribution in [3.05, 3.63) is 59.8 Å². The summed E-state index contributed by atoms with van der Waals surface area (Å²) in [7, 11) is 0. The van der Waals surface area contributed by atoms with Crippen molar-refractivity contribution in [2.45, 2.75) is 51.0 Å². The van der Waals surface area contributed by atoms with Crippen molar-refractivity contribution in [1.82, 2.24) is 10.3 Å². The van der Waals surface area contributed by atoms with Crippen molar-refractivity contribution in [3.8, 4) is 0 Å². The maximum atomic E-state index is 12.6. The first kappa shape index (κ1) is 17.5. The number of aromatic nitrogens is 1. The van der Waals surface area contributed by atoms with E-state index in [4.69, 9.17) is 0 Å². The minimum Gasteiger partial charge on any atom is -0.367 e. The lowest BCUT2D eigenvalue weighted by atomic mass is 9.98. The molecule has 0 saturated heterocycles. The minimum absolute atomic E-state index is 0.0474. The number of hydrogen-bond donors (Lipinski definition) is 2. The van der Waals surface area contributed by atoms with Gasteiger partial charge in [-0.15, -0.1) is 0 Å². The maximum absolute atomic E-state index is 12.6. The number of anilines is 1. The van der Waals surface area contributed by atoms with Crippen LogP contribution in [0.15, 0.2) is 48.7 Å². The zero-order valence-corrected chi connectivity index (χ0v) is 14.9. The van der Waals surface area contributed by atoms with Gasteiger partial charge in [-0.05, 0) is 42.9 Å². The molecule has 25 heavy (non-hydrogen) atoms. The molecular formula is C21H27N3O. The van der Waals surface area contributed by atoms with Gasteiger partial charge in [0.25, 0.3) is 5.91 Å². The zero-order valence-electron chi connectivity index (χ0n) is 14.9. The van der Waals surface area contributed by atoms with Gasteiger partial charge in [0.1, 0.15) is 5.82 Å². The average molecular weight is 337 g/mol. The Morgan fingerprint density at radius 2 is 1.92 bits per heavy atom. The third-order valence-electron chi connectivity index (χ3n) is 4.98. The number of pyridine rings is 1. The molecule has 0 unspecified atom stereocenters. The van der Waals surface area contributed by atoms with Gasteiger partial charge in [0.2, 0.25) is 0 Å². The smallest absolute Gasteiger partial charge is 0.255 e. The van der Waals surface area contributed by atoms with Gasteiger partial charge in [-0.3, -0.25) is 4.79 Å². The third-order valence-corrected chi connectivity index (χ3v) is 4.98. The van der Waals surface area contributed by atoms with Crippen LogP contribution < -0.4 is 10.6 Å². The van der Waals surface area contributed by atoms with E-state index in [1.807, 2.05) is 18.2 Å². The van der Waals surface area contributed by atoms with Crippen molar-refractivity contribution < 1.29 is 4.79 Å². The summed E-state index contributed by atoms with van der Waals surface area (Å²) < 4.78 is 0. The molecule has 3 rings (SSSR count). The second-order valence-electron chi connectivity index (χ2n) is 6.88. The van der Waals surface area contributed by atoms with Crippen molar-refractivity contribution in [1.29, 1.82) is 0 Å². The maximum Gasteiger partial charge on any atom is 0.255 e. The molecule has 0 spiro atoms. The fourth-order valence-corrected chi connectivity index (χ4v) is 3.41. The van der Waals surface area contributed by atoms with E-state index in [0.29, 0.717) is 29.9 Å². The Labute approximate surface area is 150 Å². The zero-order chi connectivity index (χ0) is 17.5. The molecular weight excluding hydrogens is 310 g/mol. The number of benzene rings is 1. The highest BCUT2D eigenvalue weighted by atomic mass is 16.1. The highest BCUT2D eigenvalue weighted by molar-refractivity contribution is 5.98. The van der Waals surface area contributed by atoms with Crippen LogP contribution in [0, 0.1) is 0 Å². The molecule has 1 aliphatic rings. The summed E-state index contributed by atoms with van der Waals surface area (Å²) in [6.45, 7) is 2.85. The van der Waals surface area contributed by atoms with Gasteiger partial charge in [-0.25, -0.2) is 4.98 Å². The molecule has 132 valence electrons. The molecule has 2 aromatic rings. The number of nitrogens with zero attached hydrogens (tertiary/aromatic N) is 1. The van der Waals surface area contributed by atoms with E-state index in [0.717, 1.165) is 19.3 Å². The molecule has 1 saturated carbocycles. The molecule has 1 aromatic heterocycles. The summed E-state index contributed by atoms with van der Waals surface area (Å²) in [5, 5.41) is 6.49. The van der Waals surface area contributed by atoms with Crippen LogP contribution >= 0.6 is 0 Å². The molecule has 4 heteroatoms. The van der Waals surface area contributed by atoms with Crippen LogP contribution in [0.4, 0.5) is 5.82 Å². The number of nitrogens with one attached hydrogen (secondary N) is 2. The van der Waals surface area contributed by atoms with E-state index in [1.165, 1.54) is 18.4 Å². The monoisotopic (exact) mass is 337 g/mol. The number of amides is 1. The fourth-order valence-electron chi connectivity index (χ4n) is 3.41.